The number of rotatable bonds is 4. The maximum absolute atomic E-state index is 13.7. The Hall–Kier alpha value is -3.56. The number of aryl methyl sites for hydroxylation is 1. The fourth-order valence-electron chi connectivity index (χ4n) is 3.93. The van der Waals surface area contributed by atoms with Gasteiger partial charge < -0.3 is 4.90 Å². The third-order valence-electron chi connectivity index (χ3n) is 5.64. The predicted molar refractivity (Wildman–Crippen MR) is 116 cm³/mol. The quantitative estimate of drug-likeness (QED) is 0.394. The van der Waals surface area contributed by atoms with Crippen LogP contribution in [0.2, 0.25) is 0 Å². The zero-order valence-corrected chi connectivity index (χ0v) is 18.2. The Bertz CT molecular complexity index is 1240. The van der Waals surface area contributed by atoms with Crippen molar-refractivity contribution >= 4 is 11.4 Å². The van der Waals surface area contributed by atoms with Crippen LogP contribution in [0.25, 0.3) is 5.70 Å². The van der Waals surface area contributed by atoms with Crippen molar-refractivity contribution in [3.8, 4) is 0 Å². The van der Waals surface area contributed by atoms with Gasteiger partial charge in [-0.05, 0) is 49.8 Å². The number of alkyl halides is 6. The van der Waals surface area contributed by atoms with Crippen LogP contribution in [-0.4, -0.2) is 21.3 Å². The first-order chi connectivity index (χ1) is 16.0. The summed E-state index contributed by atoms with van der Waals surface area (Å²) in [6.45, 7) is 3.72. The van der Waals surface area contributed by atoms with Gasteiger partial charge in [0.1, 0.15) is 0 Å². The van der Waals surface area contributed by atoms with Gasteiger partial charge in [-0.1, -0.05) is 18.2 Å². The Morgan fingerprint density at radius 2 is 1.79 bits per heavy atom. The van der Waals surface area contributed by atoms with Crippen molar-refractivity contribution in [1.29, 1.82) is 0 Å². The summed E-state index contributed by atoms with van der Waals surface area (Å²) >= 11 is 0. The highest BCUT2D eigenvalue weighted by molar-refractivity contribution is 5.82. The van der Waals surface area contributed by atoms with Gasteiger partial charge in [0.25, 0.3) is 0 Å². The predicted octanol–water partition coefficient (Wildman–Crippen LogP) is 6.65. The van der Waals surface area contributed by atoms with Crippen LogP contribution in [0.3, 0.4) is 0 Å². The summed E-state index contributed by atoms with van der Waals surface area (Å²) < 4.78 is 81.5. The average molecular weight is 478 g/mol. The zero-order valence-electron chi connectivity index (χ0n) is 18.2. The van der Waals surface area contributed by atoms with Gasteiger partial charge >= 0.3 is 12.4 Å². The van der Waals surface area contributed by atoms with Crippen LogP contribution < -0.4 is 4.90 Å². The molecular weight excluding hydrogens is 458 g/mol. The molecule has 10 heteroatoms. The molecule has 0 N–H and O–H groups in total. The highest BCUT2D eigenvalue weighted by Gasteiger charge is 2.39. The van der Waals surface area contributed by atoms with Crippen molar-refractivity contribution < 1.29 is 26.3 Å². The van der Waals surface area contributed by atoms with E-state index < -0.39 is 29.5 Å². The van der Waals surface area contributed by atoms with Crippen LogP contribution in [0, 0.1) is 6.92 Å². The molecule has 4 nitrogen and oxygen atoms in total. The standard InChI is InChI=1S/C24H20F6N4/c1-15-22(33-11-4-3-7-21(33)17-6-5-10-31-13-17)14-34(32-15)16(2)19-9-8-18(23(25,26)27)12-20(19)24(28,29)30/h3-10,12-14,16H,11H2,1-2H3. The molecule has 0 radical (unpaired) electrons. The smallest absolute Gasteiger partial charge is 0.334 e. The van der Waals surface area contributed by atoms with Crippen molar-refractivity contribution in [3.63, 3.8) is 0 Å². The number of hydrogen-bond donors (Lipinski definition) is 0. The minimum atomic E-state index is -4.95. The molecule has 1 aromatic carbocycles. The largest absolute Gasteiger partial charge is 0.416 e. The molecule has 0 fully saturated rings. The molecule has 1 aliphatic heterocycles. The lowest BCUT2D eigenvalue weighted by atomic mass is 9.98. The van der Waals surface area contributed by atoms with Crippen molar-refractivity contribution in [3.05, 3.63) is 95.1 Å². The summed E-state index contributed by atoms with van der Waals surface area (Å²) in [5.41, 5.74) is -0.0355. The molecule has 3 aromatic rings. The van der Waals surface area contributed by atoms with E-state index in [9.17, 15) is 26.3 Å². The van der Waals surface area contributed by atoms with Crippen LogP contribution >= 0.6 is 0 Å². The monoisotopic (exact) mass is 478 g/mol. The van der Waals surface area contributed by atoms with Crippen LogP contribution in [0.15, 0.2) is 67.2 Å². The highest BCUT2D eigenvalue weighted by Crippen LogP contribution is 2.40. The van der Waals surface area contributed by atoms with Gasteiger partial charge in [0.15, 0.2) is 0 Å². The molecule has 2 aromatic heterocycles. The fraction of sp³-hybridized carbons (Fsp3) is 0.250. The Labute approximate surface area is 191 Å². The van der Waals surface area contributed by atoms with E-state index in [1.54, 1.807) is 31.6 Å². The summed E-state index contributed by atoms with van der Waals surface area (Å²) in [4.78, 5) is 6.10. The van der Waals surface area contributed by atoms with Gasteiger partial charge in [-0.25, -0.2) is 0 Å². The van der Waals surface area contributed by atoms with E-state index in [0.29, 0.717) is 24.0 Å². The van der Waals surface area contributed by atoms with E-state index in [4.69, 9.17) is 0 Å². The van der Waals surface area contributed by atoms with Crippen LogP contribution in [0.4, 0.5) is 32.0 Å². The van der Waals surface area contributed by atoms with E-state index in [0.717, 1.165) is 17.3 Å². The number of benzene rings is 1. The van der Waals surface area contributed by atoms with Gasteiger partial charge in [-0.3, -0.25) is 9.67 Å². The minimum Gasteiger partial charge on any atom is -0.334 e. The van der Waals surface area contributed by atoms with Gasteiger partial charge in [-0.2, -0.15) is 31.4 Å². The zero-order chi connectivity index (χ0) is 24.7. The fourth-order valence-corrected chi connectivity index (χ4v) is 3.93. The lowest BCUT2D eigenvalue weighted by Crippen LogP contribution is -2.24. The first-order valence-electron chi connectivity index (χ1n) is 10.4. The summed E-state index contributed by atoms with van der Waals surface area (Å²) in [7, 11) is 0. The molecule has 3 heterocycles. The Morgan fingerprint density at radius 3 is 2.44 bits per heavy atom. The number of nitrogens with zero attached hydrogens (tertiary/aromatic N) is 4. The first-order valence-corrected chi connectivity index (χ1v) is 10.4. The number of aromatic nitrogens is 3. The summed E-state index contributed by atoms with van der Waals surface area (Å²) in [6, 6.07) is 4.42. The molecule has 4 rings (SSSR count). The van der Waals surface area contributed by atoms with Crippen molar-refractivity contribution in [2.24, 2.45) is 0 Å². The van der Waals surface area contributed by atoms with Crippen molar-refractivity contribution in [2.45, 2.75) is 32.2 Å². The van der Waals surface area contributed by atoms with E-state index >= 15 is 0 Å². The molecule has 34 heavy (non-hydrogen) atoms. The normalized spacial score (nSPS) is 15.4. The molecule has 0 spiro atoms. The van der Waals surface area contributed by atoms with Crippen molar-refractivity contribution in [2.75, 3.05) is 11.4 Å². The summed E-state index contributed by atoms with van der Waals surface area (Å²) in [5.74, 6) is 0. The van der Waals surface area contributed by atoms with Gasteiger partial charge in [0.2, 0.25) is 0 Å². The van der Waals surface area contributed by atoms with E-state index in [2.05, 4.69) is 10.1 Å². The molecule has 1 atom stereocenters. The molecular formula is C24H20F6N4. The third-order valence-corrected chi connectivity index (χ3v) is 5.64. The highest BCUT2D eigenvalue weighted by atomic mass is 19.4. The van der Waals surface area contributed by atoms with Gasteiger partial charge in [0, 0.05) is 30.7 Å². The summed E-state index contributed by atoms with van der Waals surface area (Å²) in [6.07, 6.45) is 0.868. The van der Waals surface area contributed by atoms with Crippen LogP contribution in [-0.2, 0) is 12.4 Å². The number of allylic oxidation sites excluding steroid dienone is 2. The first kappa shape index (κ1) is 23.6. The van der Waals surface area contributed by atoms with E-state index in [1.807, 2.05) is 29.2 Å². The molecule has 0 amide bonds. The number of pyridine rings is 1. The van der Waals surface area contributed by atoms with E-state index in [1.165, 1.54) is 11.6 Å². The Kier molecular flexibility index (Phi) is 6.01. The van der Waals surface area contributed by atoms with Gasteiger partial charge in [0.05, 0.1) is 34.2 Å². The molecule has 1 aliphatic rings. The second-order valence-corrected chi connectivity index (χ2v) is 7.89. The third kappa shape index (κ3) is 4.57. The Morgan fingerprint density at radius 1 is 1.03 bits per heavy atom. The number of anilines is 1. The molecule has 0 bridgehead atoms. The molecule has 178 valence electrons. The second-order valence-electron chi connectivity index (χ2n) is 7.89. The minimum absolute atomic E-state index is 0.155. The lowest BCUT2D eigenvalue weighted by molar-refractivity contribution is -0.143. The summed E-state index contributed by atoms with van der Waals surface area (Å²) in [5, 5.41) is 4.40. The number of hydrogen-bond acceptors (Lipinski definition) is 3. The van der Waals surface area contributed by atoms with Crippen LogP contribution in [0.5, 0.6) is 0 Å². The van der Waals surface area contributed by atoms with Crippen LogP contribution in [0.1, 0.15) is 40.9 Å². The lowest BCUT2D eigenvalue weighted by Gasteiger charge is -2.27. The topological polar surface area (TPSA) is 34.0 Å². The van der Waals surface area contributed by atoms with Gasteiger partial charge in [-0.15, -0.1) is 0 Å². The number of halogens is 6. The molecule has 0 saturated carbocycles. The maximum Gasteiger partial charge on any atom is 0.416 e. The molecule has 0 saturated heterocycles. The Balaban J connectivity index is 1.73. The average Bonchev–Trinajstić information content (AvgIpc) is 3.19. The maximum atomic E-state index is 13.7. The van der Waals surface area contributed by atoms with E-state index in [-0.39, 0.29) is 11.6 Å². The SMILES string of the molecule is Cc1nn(C(C)c2ccc(C(F)(F)F)cc2C(F)(F)F)cc1N1CC=CC=C1c1cccnc1. The van der Waals surface area contributed by atoms with Crippen molar-refractivity contribution in [1.82, 2.24) is 14.8 Å². The molecule has 1 unspecified atom stereocenters. The second kappa shape index (κ2) is 8.66. The molecule has 0 aliphatic carbocycles.